The number of carbonyl (C=O) groups is 2. The molecule has 0 aromatic heterocycles. The van der Waals surface area contributed by atoms with Gasteiger partial charge in [0.05, 0.1) is 18.6 Å². The van der Waals surface area contributed by atoms with E-state index in [1.165, 1.54) is 7.11 Å². The van der Waals surface area contributed by atoms with Gasteiger partial charge in [0.15, 0.2) is 0 Å². The van der Waals surface area contributed by atoms with E-state index in [-0.39, 0.29) is 5.92 Å². The molecule has 1 aliphatic rings. The number of halogens is 1. The summed E-state index contributed by atoms with van der Waals surface area (Å²) in [6, 6.07) is 0. The molecule has 1 aliphatic carbocycles. The lowest BCUT2D eigenvalue weighted by molar-refractivity contribution is -0.135. The summed E-state index contributed by atoms with van der Waals surface area (Å²) in [7, 11) is 1.32. The average Bonchev–Trinajstić information content (AvgIpc) is 2.17. The second-order valence-electron chi connectivity index (χ2n) is 2.66. The fourth-order valence-electron chi connectivity index (χ4n) is 1.06. The molecule has 1 unspecified atom stereocenters. The third kappa shape index (κ3) is 2.42. The highest BCUT2D eigenvalue weighted by atomic mass is 35.5. The highest BCUT2D eigenvalue weighted by molar-refractivity contribution is 6.64. The monoisotopic (exact) mass is 200 g/mol. The Balaban J connectivity index is 2.65. The fraction of sp³-hybridized carbons (Fsp3) is 0.333. The highest BCUT2D eigenvalue weighted by Crippen LogP contribution is 2.19. The lowest BCUT2D eigenvalue weighted by Gasteiger charge is -2.10. The first-order valence-corrected chi connectivity index (χ1v) is 4.19. The molecule has 0 saturated heterocycles. The molecule has 1 atom stereocenters. The van der Waals surface area contributed by atoms with Crippen LogP contribution in [0.15, 0.2) is 23.8 Å². The van der Waals surface area contributed by atoms with E-state index in [1.54, 1.807) is 18.2 Å². The van der Waals surface area contributed by atoms with Crippen LogP contribution in [0.5, 0.6) is 0 Å². The van der Waals surface area contributed by atoms with Crippen molar-refractivity contribution in [2.24, 2.45) is 5.92 Å². The second kappa shape index (κ2) is 4.23. The van der Waals surface area contributed by atoms with Crippen LogP contribution in [0.4, 0.5) is 0 Å². The maximum absolute atomic E-state index is 11.0. The maximum atomic E-state index is 11.0. The number of hydrogen-bond donors (Lipinski definition) is 0. The number of esters is 1. The predicted octanol–water partition coefficient (Wildman–Crippen LogP) is 1.43. The fourth-order valence-corrected chi connectivity index (χ4v) is 1.22. The van der Waals surface area contributed by atoms with Crippen molar-refractivity contribution in [3.63, 3.8) is 0 Å². The molecule has 3 nitrogen and oxygen atoms in total. The SMILES string of the molecule is COC(=O)C1=CCC(C(=O)Cl)C=C1. The van der Waals surface area contributed by atoms with Crippen LogP contribution in [-0.4, -0.2) is 18.3 Å². The zero-order valence-electron chi connectivity index (χ0n) is 7.12. The molecule has 0 spiro atoms. The van der Waals surface area contributed by atoms with Gasteiger partial charge in [-0.2, -0.15) is 0 Å². The minimum atomic E-state index is -0.406. The molecule has 0 aromatic rings. The predicted molar refractivity (Wildman–Crippen MR) is 48.2 cm³/mol. The largest absolute Gasteiger partial charge is 0.465 e. The van der Waals surface area contributed by atoms with Gasteiger partial charge < -0.3 is 4.74 Å². The minimum absolute atomic E-state index is 0.310. The molecular formula is C9H9ClO3. The molecule has 0 bridgehead atoms. The third-order valence-corrected chi connectivity index (χ3v) is 2.09. The van der Waals surface area contributed by atoms with Crippen molar-refractivity contribution in [3.05, 3.63) is 23.8 Å². The number of carbonyl (C=O) groups excluding carboxylic acids is 2. The topological polar surface area (TPSA) is 43.4 Å². The summed E-state index contributed by atoms with van der Waals surface area (Å²) in [6.07, 6.45) is 5.28. The third-order valence-electron chi connectivity index (χ3n) is 1.81. The van der Waals surface area contributed by atoms with Gasteiger partial charge >= 0.3 is 5.97 Å². The molecule has 0 fully saturated rings. The summed E-state index contributed by atoms with van der Waals surface area (Å²) in [5, 5.41) is -0.406. The summed E-state index contributed by atoms with van der Waals surface area (Å²) in [5.41, 5.74) is 0.469. The molecule has 0 aromatic carbocycles. The molecule has 0 radical (unpaired) electrons. The summed E-state index contributed by atoms with van der Waals surface area (Å²) in [5.74, 6) is -0.702. The zero-order chi connectivity index (χ0) is 9.84. The van der Waals surface area contributed by atoms with E-state index in [0.29, 0.717) is 12.0 Å². The van der Waals surface area contributed by atoms with Crippen molar-refractivity contribution in [3.8, 4) is 0 Å². The van der Waals surface area contributed by atoms with Gasteiger partial charge in [-0.05, 0) is 18.0 Å². The van der Waals surface area contributed by atoms with Crippen LogP contribution in [-0.2, 0) is 14.3 Å². The molecule has 1 rings (SSSR count). The zero-order valence-corrected chi connectivity index (χ0v) is 7.88. The molecule has 70 valence electrons. The summed E-state index contributed by atoms with van der Waals surface area (Å²) < 4.78 is 4.51. The Labute approximate surface area is 81.0 Å². The van der Waals surface area contributed by atoms with E-state index >= 15 is 0 Å². The summed E-state index contributed by atoms with van der Waals surface area (Å²) >= 11 is 5.28. The van der Waals surface area contributed by atoms with E-state index in [4.69, 9.17) is 11.6 Å². The molecule has 0 heterocycles. The first-order valence-electron chi connectivity index (χ1n) is 3.81. The second-order valence-corrected chi connectivity index (χ2v) is 3.03. The van der Waals surface area contributed by atoms with Crippen LogP contribution < -0.4 is 0 Å². The number of allylic oxidation sites excluding steroid dienone is 2. The van der Waals surface area contributed by atoms with Gasteiger partial charge in [0.2, 0.25) is 5.24 Å². The van der Waals surface area contributed by atoms with E-state index in [1.807, 2.05) is 0 Å². The number of methoxy groups -OCH3 is 1. The van der Waals surface area contributed by atoms with Crippen molar-refractivity contribution < 1.29 is 14.3 Å². The van der Waals surface area contributed by atoms with E-state index in [9.17, 15) is 9.59 Å². The van der Waals surface area contributed by atoms with Crippen molar-refractivity contribution in [1.82, 2.24) is 0 Å². The Bertz CT molecular complexity index is 291. The molecule has 0 aliphatic heterocycles. The smallest absolute Gasteiger partial charge is 0.337 e. The molecular weight excluding hydrogens is 192 g/mol. The summed E-state index contributed by atoms with van der Waals surface area (Å²) in [6.45, 7) is 0. The van der Waals surface area contributed by atoms with Gasteiger partial charge in [0, 0.05) is 0 Å². The van der Waals surface area contributed by atoms with Crippen LogP contribution in [0, 0.1) is 5.92 Å². The first-order chi connectivity index (χ1) is 6.15. The highest BCUT2D eigenvalue weighted by Gasteiger charge is 2.17. The molecule has 0 N–H and O–H groups in total. The Morgan fingerprint density at radius 2 is 2.31 bits per heavy atom. The average molecular weight is 201 g/mol. The molecule has 4 heteroatoms. The Morgan fingerprint density at radius 3 is 2.69 bits per heavy atom. The van der Waals surface area contributed by atoms with Gasteiger partial charge in [-0.15, -0.1) is 0 Å². The van der Waals surface area contributed by atoms with Crippen LogP contribution in [0.2, 0.25) is 0 Å². The normalized spacial score (nSPS) is 20.8. The van der Waals surface area contributed by atoms with Crippen molar-refractivity contribution in [2.45, 2.75) is 6.42 Å². The lowest BCUT2D eigenvalue weighted by Crippen LogP contribution is -2.11. The van der Waals surface area contributed by atoms with Gasteiger partial charge in [-0.25, -0.2) is 4.79 Å². The van der Waals surface area contributed by atoms with Crippen LogP contribution in [0.25, 0.3) is 0 Å². The van der Waals surface area contributed by atoms with Crippen LogP contribution >= 0.6 is 11.6 Å². The minimum Gasteiger partial charge on any atom is -0.465 e. The van der Waals surface area contributed by atoms with Crippen molar-refractivity contribution >= 4 is 22.8 Å². The Hall–Kier alpha value is -1.09. The van der Waals surface area contributed by atoms with Crippen LogP contribution in [0.3, 0.4) is 0 Å². The number of hydrogen-bond acceptors (Lipinski definition) is 3. The van der Waals surface area contributed by atoms with Gasteiger partial charge in [-0.3, -0.25) is 4.79 Å². The molecule has 0 saturated carbocycles. The van der Waals surface area contributed by atoms with Crippen LogP contribution in [0.1, 0.15) is 6.42 Å². The van der Waals surface area contributed by atoms with Gasteiger partial charge in [0.25, 0.3) is 0 Å². The van der Waals surface area contributed by atoms with Crippen molar-refractivity contribution in [1.29, 1.82) is 0 Å². The maximum Gasteiger partial charge on any atom is 0.337 e. The van der Waals surface area contributed by atoms with E-state index in [2.05, 4.69) is 4.74 Å². The number of rotatable bonds is 2. The van der Waals surface area contributed by atoms with Gasteiger partial charge in [-0.1, -0.05) is 18.2 Å². The lowest BCUT2D eigenvalue weighted by atomic mass is 9.98. The van der Waals surface area contributed by atoms with Gasteiger partial charge in [0.1, 0.15) is 0 Å². The Morgan fingerprint density at radius 1 is 1.62 bits per heavy atom. The van der Waals surface area contributed by atoms with Crippen molar-refractivity contribution in [2.75, 3.05) is 7.11 Å². The van der Waals surface area contributed by atoms with E-state index < -0.39 is 11.2 Å². The molecule has 13 heavy (non-hydrogen) atoms. The Kier molecular flexibility index (Phi) is 3.25. The quantitative estimate of drug-likeness (QED) is 0.500. The number of ether oxygens (including phenoxy) is 1. The first kappa shape index (κ1) is 9.99. The standard InChI is InChI=1S/C9H9ClO3/c1-13-9(12)7-4-2-6(3-5-7)8(10)11/h2,4-6H,3H2,1H3. The van der Waals surface area contributed by atoms with E-state index in [0.717, 1.165) is 0 Å². The summed E-state index contributed by atoms with van der Waals surface area (Å²) in [4.78, 5) is 21.7. The molecule has 0 amide bonds.